The van der Waals surface area contributed by atoms with E-state index < -0.39 is 11.7 Å². The molecule has 0 saturated heterocycles. The molecule has 7 nitrogen and oxygen atoms in total. The molecule has 1 amide bonds. The first-order valence-corrected chi connectivity index (χ1v) is 5.22. The van der Waals surface area contributed by atoms with E-state index >= 15 is 0 Å². The summed E-state index contributed by atoms with van der Waals surface area (Å²) in [7, 11) is 1.38. The Kier molecular flexibility index (Phi) is 4.19. The van der Waals surface area contributed by atoms with Gasteiger partial charge < -0.3 is 9.47 Å². The molecule has 0 atom stereocenters. The topological polar surface area (TPSA) is 90.4 Å². The normalized spacial score (nSPS) is 10.7. The fourth-order valence-electron chi connectivity index (χ4n) is 1.11. The largest absolute Gasteiger partial charge is 0.478 e. The summed E-state index contributed by atoms with van der Waals surface area (Å²) in [5.41, 5.74) is -0.309. The van der Waals surface area contributed by atoms with Gasteiger partial charge in [0.2, 0.25) is 0 Å². The summed E-state index contributed by atoms with van der Waals surface area (Å²) < 4.78 is 9.99. The van der Waals surface area contributed by atoms with Crippen LogP contribution in [0, 0.1) is 0 Å². The van der Waals surface area contributed by atoms with Crippen LogP contribution in [0.2, 0.25) is 0 Å². The minimum Gasteiger partial charge on any atom is -0.478 e. The summed E-state index contributed by atoms with van der Waals surface area (Å²) in [6.07, 6.45) is -0.141. The van der Waals surface area contributed by atoms with E-state index in [1.54, 1.807) is 20.8 Å². The van der Waals surface area contributed by atoms with Crippen LogP contribution in [0.15, 0.2) is 6.07 Å². The van der Waals surface area contributed by atoms with Gasteiger partial charge in [0.1, 0.15) is 17.0 Å². The Morgan fingerprint density at radius 2 is 2.06 bits per heavy atom. The first-order chi connectivity index (χ1) is 8.35. The van der Waals surface area contributed by atoms with Crippen molar-refractivity contribution in [3.05, 3.63) is 11.8 Å². The van der Waals surface area contributed by atoms with Gasteiger partial charge in [0, 0.05) is 0 Å². The Labute approximate surface area is 104 Å². The summed E-state index contributed by atoms with van der Waals surface area (Å²) in [4.78, 5) is 22.2. The fraction of sp³-hybridized carbons (Fsp3) is 0.455. The van der Waals surface area contributed by atoms with Gasteiger partial charge in [-0.3, -0.25) is 10.1 Å². The highest BCUT2D eigenvalue weighted by molar-refractivity contribution is 5.87. The number of aldehydes is 1. The third-order valence-electron chi connectivity index (χ3n) is 1.73. The maximum atomic E-state index is 11.6. The Bertz CT molecular complexity index is 454. The highest BCUT2D eigenvalue weighted by Gasteiger charge is 2.18. The van der Waals surface area contributed by atoms with Gasteiger partial charge in [-0.25, -0.2) is 4.79 Å². The minimum absolute atomic E-state index is 0.0851. The fourth-order valence-corrected chi connectivity index (χ4v) is 1.11. The highest BCUT2D eigenvalue weighted by atomic mass is 16.6. The molecule has 1 aromatic rings. The van der Waals surface area contributed by atoms with Crippen molar-refractivity contribution in [3.8, 4) is 5.88 Å². The number of rotatable bonds is 3. The predicted molar refractivity (Wildman–Crippen MR) is 63.8 cm³/mol. The molecule has 1 aromatic heterocycles. The number of ether oxygens (including phenoxy) is 2. The Balaban J connectivity index is 2.88. The molecule has 0 spiro atoms. The van der Waals surface area contributed by atoms with Gasteiger partial charge in [-0.1, -0.05) is 0 Å². The Morgan fingerprint density at radius 3 is 2.56 bits per heavy atom. The molecule has 1 heterocycles. The third kappa shape index (κ3) is 4.00. The molecule has 98 valence electrons. The van der Waals surface area contributed by atoms with Crippen LogP contribution in [0.1, 0.15) is 31.3 Å². The van der Waals surface area contributed by atoms with Gasteiger partial charge in [0.25, 0.3) is 5.88 Å². The zero-order chi connectivity index (χ0) is 13.8. The summed E-state index contributed by atoms with van der Waals surface area (Å²) in [6.45, 7) is 5.22. The summed E-state index contributed by atoms with van der Waals surface area (Å²) >= 11 is 0. The molecule has 1 rings (SSSR count). The van der Waals surface area contributed by atoms with E-state index in [-0.39, 0.29) is 17.3 Å². The van der Waals surface area contributed by atoms with Crippen LogP contribution in [-0.2, 0) is 4.74 Å². The van der Waals surface area contributed by atoms with Crippen molar-refractivity contribution in [3.63, 3.8) is 0 Å². The molecule has 0 fully saturated rings. The van der Waals surface area contributed by atoms with Crippen LogP contribution in [-0.4, -0.2) is 35.3 Å². The smallest absolute Gasteiger partial charge is 0.412 e. The van der Waals surface area contributed by atoms with Gasteiger partial charge in [0.05, 0.1) is 7.11 Å². The molecular formula is C11H15N3O4. The van der Waals surface area contributed by atoms with Crippen LogP contribution in [0.4, 0.5) is 10.5 Å². The number of amides is 1. The van der Waals surface area contributed by atoms with Gasteiger partial charge in [0.15, 0.2) is 6.29 Å². The molecule has 0 aliphatic carbocycles. The van der Waals surface area contributed by atoms with E-state index in [4.69, 9.17) is 9.47 Å². The van der Waals surface area contributed by atoms with E-state index in [1.165, 1.54) is 13.2 Å². The number of anilines is 1. The van der Waals surface area contributed by atoms with Gasteiger partial charge in [-0.05, 0) is 26.8 Å². The van der Waals surface area contributed by atoms with Crippen molar-refractivity contribution in [1.82, 2.24) is 10.2 Å². The predicted octanol–water partition coefficient (Wildman–Crippen LogP) is 1.64. The molecule has 0 aliphatic heterocycles. The van der Waals surface area contributed by atoms with Crippen LogP contribution >= 0.6 is 0 Å². The average molecular weight is 253 g/mol. The van der Waals surface area contributed by atoms with E-state index in [9.17, 15) is 9.59 Å². The Morgan fingerprint density at radius 1 is 1.39 bits per heavy atom. The van der Waals surface area contributed by atoms with Gasteiger partial charge >= 0.3 is 6.09 Å². The number of nitrogens with one attached hydrogen (secondary N) is 1. The number of hydrogen-bond donors (Lipinski definition) is 1. The van der Waals surface area contributed by atoms with E-state index in [0.29, 0.717) is 6.29 Å². The lowest BCUT2D eigenvalue weighted by molar-refractivity contribution is 0.0635. The third-order valence-corrected chi connectivity index (χ3v) is 1.73. The zero-order valence-electron chi connectivity index (χ0n) is 10.7. The molecule has 18 heavy (non-hydrogen) atoms. The van der Waals surface area contributed by atoms with Crippen LogP contribution in [0.3, 0.4) is 0 Å². The molecule has 0 unspecified atom stereocenters. The van der Waals surface area contributed by atoms with Crippen LogP contribution < -0.4 is 10.1 Å². The summed E-state index contributed by atoms with van der Waals surface area (Å²) in [5.74, 6) is 0.103. The molecule has 1 N–H and O–H groups in total. The molecule has 7 heteroatoms. The van der Waals surface area contributed by atoms with Crippen molar-refractivity contribution < 1.29 is 19.1 Å². The monoisotopic (exact) mass is 253 g/mol. The second-order valence-electron chi connectivity index (χ2n) is 4.44. The van der Waals surface area contributed by atoms with E-state index in [2.05, 4.69) is 15.5 Å². The quantitative estimate of drug-likeness (QED) is 0.823. The number of aromatic nitrogens is 2. The summed E-state index contributed by atoms with van der Waals surface area (Å²) in [6, 6.07) is 1.35. The first-order valence-electron chi connectivity index (χ1n) is 5.22. The first kappa shape index (κ1) is 13.9. The molecule has 0 radical (unpaired) electrons. The highest BCUT2D eigenvalue weighted by Crippen LogP contribution is 2.21. The number of carbonyl (C=O) groups is 2. The standard InChI is InChI=1S/C11H15N3O4/c1-11(2,3)18-10(16)12-8-5-7(6-15)13-14-9(8)17-4/h5-6H,1-4H3,(H,12,13,16). The molecule has 0 aromatic carbocycles. The number of carbonyl (C=O) groups excluding carboxylic acids is 2. The lowest BCUT2D eigenvalue weighted by Crippen LogP contribution is -2.27. The van der Waals surface area contributed by atoms with Crippen molar-refractivity contribution in [2.24, 2.45) is 0 Å². The van der Waals surface area contributed by atoms with Crippen molar-refractivity contribution in [2.75, 3.05) is 12.4 Å². The second-order valence-corrected chi connectivity index (χ2v) is 4.44. The molecule has 0 aliphatic rings. The van der Waals surface area contributed by atoms with E-state index in [0.717, 1.165) is 0 Å². The number of hydrogen-bond acceptors (Lipinski definition) is 6. The molecule has 0 saturated carbocycles. The zero-order valence-corrected chi connectivity index (χ0v) is 10.7. The maximum absolute atomic E-state index is 11.6. The van der Waals surface area contributed by atoms with E-state index in [1.807, 2.05) is 0 Å². The minimum atomic E-state index is -0.661. The van der Waals surface area contributed by atoms with Crippen molar-refractivity contribution >= 4 is 18.1 Å². The van der Waals surface area contributed by atoms with Gasteiger partial charge in [-0.15, -0.1) is 10.2 Å². The second kappa shape index (κ2) is 5.44. The number of methoxy groups -OCH3 is 1. The Hall–Kier alpha value is -2.18. The van der Waals surface area contributed by atoms with Crippen LogP contribution in [0.5, 0.6) is 5.88 Å². The van der Waals surface area contributed by atoms with Gasteiger partial charge in [-0.2, -0.15) is 0 Å². The molecular weight excluding hydrogens is 238 g/mol. The maximum Gasteiger partial charge on any atom is 0.412 e. The number of nitrogens with zero attached hydrogens (tertiary/aromatic N) is 2. The lowest BCUT2D eigenvalue weighted by Gasteiger charge is -2.19. The summed E-state index contributed by atoms with van der Waals surface area (Å²) in [5, 5.41) is 9.66. The average Bonchev–Trinajstić information content (AvgIpc) is 2.26. The lowest BCUT2D eigenvalue weighted by atomic mass is 10.2. The van der Waals surface area contributed by atoms with Crippen LogP contribution in [0.25, 0.3) is 0 Å². The van der Waals surface area contributed by atoms with Crippen molar-refractivity contribution in [1.29, 1.82) is 0 Å². The molecule has 0 bridgehead atoms. The SMILES string of the molecule is COc1nnc(C=O)cc1NC(=O)OC(C)(C)C. The van der Waals surface area contributed by atoms with Crippen molar-refractivity contribution in [2.45, 2.75) is 26.4 Å².